The molecule has 0 saturated carbocycles. The van der Waals surface area contributed by atoms with E-state index in [2.05, 4.69) is 6.92 Å². The van der Waals surface area contributed by atoms with E-state index < -0.39 is 0 Å². The standard InChI is InChI=1S/C25H31ClN4O4/c1-3-4-5-20-15-29(16-23(31)28-12-10-18(11-13-28)25(33)34-2)24(32)22-14-21(27-30(20)22)17-6-8-19(26)9-7-17/h6-9,14,18,20H,3-5,10-13,15-16H2,1-2H3. The zero-order valence-electron chi connectivity index (χ0n) is 19.7. The van der Waals surface area contributed by atoms with Crippen LogP contribution in [-0.4, -0.2) is 70.7 Å². The minimum absolute atomic E-state index is 0.0200. The lowest BCUT2D eigenvalue weighted by molar-refractivity contribution is -0.149. The Morgan fingerprint density at radius 2 is 1.88 bits per heavy atom. The van der Waals surface area contributed by atoms with Crippen molar-refractivity contribution >= 4 is 29.4 Å². The van der Waals surface area contributed by atoms with Crippen LogP contribution < -0.4 is 0 Å². The van der Waals surface area contributed by atoms with Crippen LogP contribution in [0.15, 0.2) is 30.3 Å². The number of nitrogens with zero attached hydrogens (tertiary/aromatic N) is 4. The summed E-state index contributed by atoms with van der Waals surface area (Å²) in [6.07, 6.45) is 4.11. The number of benzene rings is 1. The second-order valence-corrected chi connectivity index (χ2v) is 9.46. The molecule has 0 N–H and O–H groups in total. The zero-order chi connectivity index (χ0) is 24.2. The largest absolute Gasteiger partial charge is 0.469 e. The van der Waals surface area contributed by atoms with Gasteiger partial charge in [0.2, 0.25) is 5.91 Å². The van der Waals surface area contributed by atoms with E-state index in [9.17, 15) is 14.4 Å². The SMILES string of the molecule is CCCCC1CN(CC(=O)N2CCC(C(=O)OC)CC2)C(=O)c2cc(-c3ccc(Cl)cc3)nn21. The van der Waals surface area contributed by atoms with Gasteiger partial charge in [-0.15, -0.1) is 0 Å². The number of carbonyl (C=O) groups is 3. The number of unbranched alkanes of at least 4 members (excludes halogenated alkanes) is 1. The molecule has 9 heteroatoms. The van der Waals surface area contributed by atoms with Gasteiger partial charge in [-0.1, -0.05) is 43.5 Å². The highest BCUT2D eigenvalue weighted by Crippen LogP contribution is 2.30. The molecule has 3 heterocycles. The van der Waals surface area contributed by atoms with Gasteiger partial charge in [0.05, 0.1) is 24.8 Å². The predicted molar refractivity (Wildman–Crippen MR) is 128 cm³/mol. The molecule has 1 unspecified atom stereocenters. The summed E-state index contributed by atoms with van der Waals surface area (Å²) in [5.74, 6) is -0.651. The normalized spacial score (nSPS) is 18.7. The molecule has 1 atom stereocenters. The van der Waals surface area contributed by atoms with Gasteiger partial charge in [-0.3, -0.25) is 19.1 Å². The van der Waals surface area contributed by atoms with Crippen molar-refractivity contribution in [2.45, 2.75) is 45.1 Å². The first-order chi connectivity index (χ1) is 16.4. The molecule has 1 aromatic carbocycles. The number of carbonyl (C=O) groups excluding carboxylic acids is 3. The summed E-state index contributed by atoms with van der Waals surface area (Å²) < 4.78 is 6.67. The molecule has 1 fully saturated rings. The van der Waals surface area contributed by atoms with Crippen molar-refractivity contribution < 1.29 is 19.1 Å². The van der Waals surface area contributed by atoms with Gasteiger partial charge in [0.25, 0.3) is 5.91 Å². The van der Waals surface area contributed by atoms with Gasteiger partial charge < -0.3 is 14.5 Å². The van der Waals surface area contributed by atoms with Crippen molar-refractivity contribution in [3.63, 3.8) is 0 Å². The summed E-state index contributed by atoms with van der Waals surface area (Å²) in [5.41, 5.74) is 2.12. The van der Waals surface area contributed by atoms with E-state index in [0.717, 1.165) is 30.5 Å². The van der Waals surface area contributed by atoms with Gasteiger partial charge in [-0.05, 0) is 37.5 Å². The number of methoxy groups -OCH3 is 1. The number of ether oxygens (including phenoxy) is 1. The van der Waals surface area contributed by atoms with Crippen LogP contribution in [0.3, 0.4) is 0 Å². The lowest BCUT2D eigenvalue weighted by Crippen LogP contribution is -2.50. The first kappa shape index (κ1) is 24.3. The summed E-state index contributed by atoms with van der Waals surface area (Å²) in [6, 6.07) is 9.22. The lowest BCUT2D eigenvalue weighted by atomic mass is 9.97. The molecule has 0 bridgehead atoms. The molecule has 2 aromatic rings. The van der Waals surface area contributed by atoms with E-state index in [-0.39, 0.29) is 36.3 Å². The van der Waals surface area contributed by atoms with Crippen LogP contribution in [0.4, 0.5) is 0 Å². The van der Waals surface area contributed by atoms with E-state index in [1.165, 1.54) is 7.11 Å². The number of piperidine rings is 1. The third kappa shape index (κ3) is 5.12. The van der Waals surface area contributed by atoms with Crippen LogP contribution in [0.25, 0.3) is 11.3 Å². The number of aromatic nitrogens is 2. The van der Waals surface area contributed by atoms with Gasteiger partial charge >= 0.3 is 5.97 Å². The van der Waals surface area contributed by atoms with E-state index in [4.69, 9.17) is 21.4 Å². The Bertz CT molecular complexity index is 1040. The van der Waals surface area contributed by atoms with Gasteiger partial charge in [0.15, 0.2) is 0 Å². The molecule has 4 rings (SSSR count). The molecule has 1 aromatic heterocycles. The Balaban J connectivity index is 1.49. The fourth-order valence-electron chi connectivity index (χ4n) is 4.76. The van der Waals surface area contributed by atoms with E-state index >= 15 is 0 Å². The first-order valence-corrected chi connectivity index (χ1v) is 12.3. The molecule has 0 spiro atoms. The van der Waals surface area contributed by atoms with E-state index in [1.54, 1.807) is 21.9 Å². The minimum Gasteiger partial charge on any atom is -0.469 e. The highest BCUT2D eigenvalue weighted by atomic mass is 35.5. The average Bonchev–Trinajstić information content (AvgIpc) is 3.31. The maximum atomic E-state index is 13.3. The van der Waals surface area contributed by atoms with Crippen molar-refractivity contribution in [3.8, 4) is 11.3 Å². The summed E-state index contributed by atoms with van der Waals surface area (Å²) >= 11 is 6.02. The number of halogens is 1. The molecule has 2 amide bonds. The van der Waals surface area contributed by atoms with E-state index in [1.807, 2.05) is 22.9 Å². The Morgan fingerprint density at radius 1 is 1.18 bits per heavy atom. The molecule has 8 nitrogen and oxygen atoms in total. The van der Waals surface area contributed by atoms with Gasteiger partial charge in [0.1, 0.15) is 12.2 Å². The maximum Gasteiger partial charge on any atom is 0.308 e. The second-order valence-electron chi connectivity index (χ2n) is 9.03. The summed E-state index contributed by atoms with van der Waals surface area (Å²) in [6.45, 7) is 3.62. The van der Waals surface area contributed by atoms with Crippen LogP contribution >= 0.6 is 11.6 Å². The zero-order valence-corrected chi connectivity index (χ0v) is 20.5. The third-order valence-electron chi connectivity index (χ3n) is 6.76. The number of rotatable bonds is 7. The third-order valence-corrected chi connectivity index (χ3v) is 7.01. The van der Waals surface area contributed by atoms with Crippen molar-refractivity contribution in [2.24, 2.45) is 5.92 Å². The van der Waals surface area contributed by atoms with E-state index in [0.29, 0.717) is 43.2 Å². The molecule has 34 heavy (non-hydrogen) atoms. The number of likely N-dealkylation sites (tertiary alicyclic amines) is 1. The van der Waals surface area contributed by atoms with Gasteiger partial charge in [0, 0.05) is 30.2 Å². The van der Waals surface area contributed by atoms with Crippen molar-refractivity contribution in [1.29, 1.82) is 0 Å². The predicted octanol–water partition coefficient (Wildman–Crippen LogP) is 3.80. The number of amides is 2. The molecule has 1 saturated heterocycles. The van der Waals surface area contributed by atoms with Crippen LogP contribution in [0.5, 0.6) is 0 Å². The van der Waals surface area contributed by atoms with Crippen molar-refractivity contribution in [2.75, 3.05) is 33.3 Å². The summed E-state index contributed by atoms with van der Waals surface area (Å²) in [5, 5.41) is 5.40. The molecular formula is C25H31ClN4O4. The Hall–Kier alpha value is -2.87. The highest BCUT2D eigenvalue weighted by molar-refractivity contribution is 6.30. The molecular weight excluding hydrogens is 456 g/mol. The molecule has 2 aliphatic rings. The summed E-state index contributed by atoms with van der Waals surface area (Å²) in [4.78, 5) is 41.5. The van der Waals surface area contributed by atoms with Gasteiger partial charge in [-0.2, -0.15) is 5.10 Å². The van der Waals surface area contributed by atoms with Gasteiger partial charge in [-0.25, -0.2) is 0 Å². The highest BCUT2D eigenvalue weighted by Gasteiger charge is 2.35. The number of fused-ring (bicyclic) bond motifs is 1. The second kappa shape index (κ2) is 10.6. The molecule has 182 valence electrons. The monoisotopic (exact) mass is 486 g/mol. The van der Waals surface area contributed by atoms with Crippen molar-refractivity contribution in [1.82, 2.24) is 19.6 Å². The topological polar surface area (TPSA) is 84.7 Å². The van der Waals surface area contributed by atoms with Crippen molar-refractivity contribution in [3.05, 3.63) is 41.0 Å². The van der Waals surface area contributed by atoms with Crippen LogP contribution in [0.1, 0.15) is 55.6 Å². The molecule has 0 aliphatic carbocycles. The minimum atomic E-state index is -0.221. The van der Waals surface area contributed by atoms with Crippen LogP contribution in [-0.2, 0) is 14.3 Å². The Kier molecular flexibility index (Phi) is 7.56. The fourth-order valence-corrected chi connectivity index (χ4v) is 4.88. The van der Waals surface area contributed by atoms with Crippen LogP contribution in [0, 0.1) is 5.92 Å². The Labute approximate surface area is 204 Å². The number of hydrogen-bond acceptors (Lipinski definition) is 5. The maximum absolute atomic E-state index is 13.3. The molecule has 2 aliphatic heterocycles. The Morgan fingerprint density at radius 3 is 2.53 bits per heavy atom. The van der Waals surface area contributed by atoms with Crippen LogP contribution in [0.2, 0.25) is 5.02 Å². The first-order valence-electron chi connectivity index (χ1n) is 11.9. The fraction of sp³-hybridized carbons (Fsp3) is 0.520. The molecule has 0 radical (unpaired) electrons. The number of esters is 1. The average molecular weight is 487 g/mol. The number of hydrogen-bond donors (Lipinski definition) is 0. The smallest absolute Gasteiger partial charge is 0.308 e. The summed E-state index contributed by atoms with van der Waals surface area (Å²) in [7, 11) is 1.39. The quantitative estimate of drug-likeness (QED) is 0.556. The lowest BCUT2D eigenvalue weighted by Gasteiger charge is -2.36.